The number of hydrogen-bond donors (Lipinski definition) is 1. The molecule has 0 spiro atoms. The van der Waals surface area contributed by atoms with Crippen molar-refractivity contribution in [3.63, 3.8) is 0 Å². The topological polar surface area (TPSA) is 67.9 Å². The van der Waals surface area contributed by atoms with Gasteiger partial charge in [-0.25, -0.2) is 0 Å². The first kappa shape index (κ1) is 18.3. The van der Waals surface area contributed by atoms with Crippen molar-refractivity contribution in [2.75, 3.05) is 32.6 Å². The van der Waals surface area contributed by atoms with E-state index < -0.39 is 0 Å². The molecule has 0 fully saturated rings. The molecule has 1 N–H and O–H groups in total. The molecule has 0 atom stereocenters. The number of ether oxygens (including phenoxy) is 2. The Morgan fingerprint density at radius 3 is 2.32 bits per heavy atom. The van der Waals surface area contributed by atoms with Crippen LogP contribution in [0.5, 0.6) is 11.5 Å². The number of methoxy groups -OCH3 is 1. The maximum atomic E-state index is 12.1. The molecule has 0 radical (unpaired) electrons. The van der Waals surface area contributed by atoms with Crippen molar-refractivity contribution in [3.8, 4) is 11.5 Å². The van der Waals surface area contributed by atoms with Crippen molar-refractivity contribution < 1.29 is 19.1 Å². The van der Waals surface area contributed by atoms with E-state index in [-0.39, 0.29) is 25.0 Å². The van der Waals surface area contributed by atoms with E-state index in [9.17, 15) is 9.59 Å². The predicted octanol–water partition coefficient (Wildman–Crippen LogP) is 2.48. The normalized spacial score (nSPS) is 10.0. The number of hydrogen-bond acceptors (Lipinski definition) is 4. The highest BCUT2D eigenvalue weighted by molar-refractivity contribution is 5.94. The van der Waals surface area contributed by atoms with Crippen molar-refractivity contribution in [2.45, 2.75) is 6.92 Å². The SMILES string of the molecule is COc1ccccc1OCC(=O)N(C)CC(=O)Nc1ccc(C)cc1. The second-order valence-electron chi connectivity index (χ2n) is 5.60. The summed E-state index contributed by atoms with van der Waals surface area (Å²) in [7, 11) is 3.09. The molecule has 6 heteroatoms. The molecule has 0 aromatic heterocycles. The number of nitrogens with zero attached hydrogens (tertiary/aromatic N) is 1. The van der Waals surface area contributed by atoms with Crippen molar-refractivity contribution >= 4 is 17.5 Å². The van der Waals surface area contributed by atoms with Gasteiger partial charge >= 0.3 is 0 Å². The second-order valence-corrected chi connectivity index (χ2v) is 5.60. The fraction of sp³-hybridized carbons (Fsp3) is 0.263. The van der Waals surface area contributed by atoms with Crippen LogP contribution in [0, 0.1) is 6.92 Å². The van der Waals surface area contributed by atoms with E-state index in [0.717, 1.165) is 5.56 Å². The number of carbonyl (C=O) groups excluding carboxylic acids is 2. The lowest BCUT2D eigenvalue weighted by atomic mass is 10.2. The molecule has 2 aromatic rings. The van der Waals surface area contributed by atoms with Gasteiger partial charge in [-0.2, -0.15) is 0 Å². The van der Waals surface area contributed by atoms with Crippen molar-refractivity contribution in [1.29, 1.82) is 0 Å². The molecule has 2 amide bonds. The lowest BCUT2D eigenvalue weighted by Crippen LogP contribution is -2.37. The molecule has 0 aliphatic carbocycles. The molecule has 132 valence electrons. The van der Waals surface area contributed by atoms with Gasteiger partial charge in [0.25, 0.3) is 5.91 Å². The van der Waals surface area contributed by atoms with Gasteiger partial charge in [-0.05, 0) is 31.2 Å². The summed E-state index contributed by atoms with van der Waals surface area (Å²) >= 11 is 0. The molecular formula is C19H22N2O4. The van der Waals surface area contributed by atoms with E-state index >= 15 is 0 Å². The third-order valence-electron chi connectivity index (χ3n) is 3.56. The van der Waals surface area contributed by atoms with Gasteiger partial charge in [0.15, 0.2) is 18.1 Å². The molecule has 2 rings (SSSR count). The average Bonchev–Trinajstić information content (AvgIpc) is 2.61. The van der Waals surface area contributed by atoms with E-state index in [0.29, 0.717) is 17.2 Å². The number of amides is 2. The Morgan fingerprint density at radius 1 is 1.04 bits per heavy atom. The lowest BCUT2D eigenvalue weighted by molar-refractivity contribution is -0.135. The predicted molar refractivity (Wildman–Crippen MR) is 95.9 cm³/mol. The summed E-state index contributed by atoms with van der Waals surface area (Å²) in [5.41, 5.74) is 1.81. The maximum absolute atomic E-state index is 12.1. The Balaban J connectivity index is 1.83. The van der Waals surface area contributed by atoms with Crippen LogP contribution in [0.1, 0.15) is 5.56 Å². The van der Waals surface area contributed by atoms with Crippen LogP contribution in [-0.2, 0) is 9.59 Å². The fourth-order valence-electron chi connectivity index (χ4n) is 2.13. The number of anilines is 1. The quantitative estimate of drug-likeness (QED) is 0.839. The smallest absolute Gasteiger partial charge is 0.260 e. The monoisotopic (exact) mass is 342 g/mol. The minimum Gasteiger partial charge on any atom is -0.493 e. The van der Waals surface area contributed by atoms with Crippen LogP contribution in [0.25, 0.3) is 0 Å². The van der Waals surface area contributed by atoms with Gasteiger partial charge in [0.2, 0.25) is 5.91 Å². The molecule has 25 heavy (non-hydrogen) atoms. The summed E-state index contributed by atoms with van der Waals surface area (Å²) in [5, 5.41) is 2.75. The first-order valence-corrected chi connectivity index (χ1v) is 7.86. The highest BCUT2D eigenvalue weighted by Gasteiger charge is 2.14. The van der Waals surface area contributed by atoms with Gasteiger partial charge in [0, 0.05) is 12.7 Å². The summed E-state index contributed by atoms with van der Waals surface area (Å²) in [6, 6.07) is 14.5. The molecule has 0 aliphatic rings. The van der Waals surface area contributed by atoms with Crippen molar-refractivity contribution in [1.82, 2.24) is 4.90 Å². The molecule has 2 aromatic carbocycles. The maximum Gasteiger partial charge on any atom is 0.260 e. The Hall–Kier alpha value is -3.02. The van der Waals surface area contributed by atoms with E-state index in [2.05, 4.69) is 5.32 Å². The van der Waals surface area contributed by atoms with Crippen LogP contribution in [0.2, 0.25) is 0 Å². The average molecular weight is 342 g/mol. The van der Waals surface area contributed by atoms with Crippen LogP contribution in [0.15, 0.2) is 48.5 Å². The lowest BCUT2D eigenvalue weighted by Gasteiger charge is -2.17. The number of rotatable bonds is 7. The van der Waals surface area contributed by atoms with Gasteiger partial charge in [-0.3, -0.25) is 9.59 Å². The Kier molecular flexibility index (Phi) is 6.39. The number of likely N-dealkylation sites (N-methyl/N-ethyl adjacent to an activating group) is 1. The number of aryl methyl sites for hydroxylation is 1. The summed E-state index contributed by atoms with van der Waals surface area (Å²) in [5.74, 6) is 0.466. The zero-order valence-corrected chi connectivity index (χ0v) is 14.6. The van der Waals surface area contributed by atoms with Gasteiger partial charge in [0.05, 0.1) is 13.7 Å². The fourth-order valence-corrected chi connectivity index (χ4v) is 2.13. The summed E-state index contributed by atoms with van der Waals surface area (Å²) in [6.45, 7) is 1.75. The van der Waals surface area contributed by atoms with Gasteiger partial charge in [-0.1, -0.05) is 29.8 Å². The molecule has 0 bridgehead atoms. The zero-order valence-electron chi connectivity index (χ0n) is 14.6. The first-order chi connectivity index (χ1) is 12.0. The Bertz CT molecular complexity index is 728. The number of para-hydroxylation sites is 2. The number of nitrogens with one attached hydrogen (secondary N) is 1. The Labute approximate surface area is 147 Å². The molecule has 0 saturated heterocycles. The zero-order chi connectivity index (χ0) is 18.2. The summed E-state index contributed by atoms with van der Waals surface area (Å²) in [4.78, 5) is 25.5. The second kappa shape index (κ2) is 8.73. The summed E-state index contributed by atoms with van der Waals surface area (Å²) < 4.78 is 10.6. The van der Waals surface area contributed by atoms with E-state index in [1.807, 2.05) is 37.3 Å². The minimum absolute atomic E-state index is 0.0536. The van der Waals surface area contributed by atoms with Crippen LogP contribution in [-0.4, -0.2) is 44.0 Å². The number of benzene rings is 2. The first-order valence-electron chi connectivity index (χ1n) is 7.86. The summed E-state index contributed by atoms with van der Waals surface area (Å²) in [6.07, 6.45) is 0. The molecule has 0 aliphatic heterocycles. The van der Waals surface area contributed by atoms with Crippen LogP contribution in [0.3, 0.4) is 0 Å². The Morgan fingerprint density at radius 2 is 1.68 bits per heavy atom. The highest BCUT2D eigenvalue weighted by atomic mass is 16.5. The molecule has 0 saturated carbocycles. The molecule has 0 heterocycles. The third-order valence-corrected chi connectivity index (χ3v) is 3.56. The molecule has 0 unspecified atom stereocenters. The van der Waals surface area contributed by atoms with Crippen molar-refractivity contribution in [2.24, 2.45) is 0 Å². The van der Waals surface area contributed by atoms with Crippen LogP contribution >= 0.6 is 0 Å². The van der Waals surface area contributed by atoms with E-state index in [4.69, 9.17) is 9.47 Å². The third kappa shape index (κ3) is 5.53. The highest BCUT2D eigenvalue weighted by Crippen LogP contribution is 2.25. The van der Waals surface area contributed by atoms with Crippen LogP contribution in [0.4, 0.5) is 5.69 Å². The van der Waals surface area contributed by atoms with Crippen molar-refractivity contribution in [3.05, 3.63) is 54.1 Å². The minimum atomic E-state index is -0.301. The van der Waals surface area contributed by atoms with E-state index in [1.165, 1.54) is 12.0 Å². The van der Waals surface area contributed by atoms with Gasteiger partial charge < -0.3 is 19.7 Å². The standard InChI is InChI=1S/C19H22N2O4/c1-14-8-10-15(11-9-14)20-18(22)12-21(2)19(23)13-25-17-7-5-4-6-16(17)24-3/h4-11H,12-13H2,1-3H3,(H,20,22). The van der Waals surface area contributed by atoms with Gasteiger partial charge in [-0.15, -0.1) is 0 Å². The van der Waals surface area contributed by atoms with E-state index in [1.54, 1.807) is 25.2 Å². The number of carbonyl (C=O) groups is 2. The van der Waals surface area contributed by atoms with Gasteiger partial charge in [0.1, 0.15) is 0 Å². The largest absolute Gasteiger partial charge is 0.493 e. The van der Waals surface area contributed by atoms with Crippen LogP contribution < -0.4 is 14.8 Å². The molecule has 6 nitrogen and oxygen atoms in total. The molecular weight excluding hydrogens is 320 g/mol.